The van der Waals surface area contributed by atoms with E-state index in [1.54, 1.807) is 22.0 Å². The first-order valence-electron chi connectivity index (χ1n) is 5.44. The van der Waals surface area contributed by atoms with E-state index >= 15 is 0 Å². The van der Waals surface area contributed by atoms with Crippen molar-refractivity contribution in [3.63, 3.8) is 0 Å². The molecule has 7 heteroatoms. The van der Waals surface area contributed by atoms with Crippen LogP contribution in [0.2, 0.25) is 5.02 Å². The van der Waals surface area contributed by atoms with Crippen LogP contribution in [-0.4, -0.2) is 25.7 Å². The summed E-state index contributed by atoms with van der Waals surface area (Å²) in [7, 11) is 0. The third-order valence-electron chi connectivity index (χ3n) is 2.58. The molecule has 3 aromatic rings. The van der Waals surface area contributed by atoms with Crippen molar-refractivity contribution < 1.29 is 9.90 Å². The Hall–Kier alpha value is -1.92. The van der Waals surface area contributed by atoms with E-state index in [0.717, 1.165) is 5.56 Å². The number of hydrogen-bond donors (Lipinski definition) is 1. The van der Waals surface area contributed by atoms with Gasteiger partial charge in [-0.1, -0.05) is 11.6 Å². The van der Waals surface area contributed by atoms with E-state index in [1.807, 2.05) is 12.1 Å². The highest BCUT2D eigenvalue weighted by atomic mass is 35.5. The van der Waals surface area contributed by atoms with Gasteiger partial charge in [0.05, 0.1) is 12.1 Å². The third-order valence-corrected chi connectivity index (χ3v) is 3.70. The number of aromatic nitrogens is 3. The van der Waals surface area contributed by atoms with Gasteiger partial charge in [-0.15, -0.1) is 16.4 Å². The molecule has 0 unspecified atom stereocenters. The van der Waals surface area contributed by atoms with Crippen molar-refractivity contribution in [3.8, 4) is 11.4 Å². The molecule has 96 valence electrons. The SMILES string of the molecule is O=C(O)Cc1csc2nc(-c3ccc(Cl)cc3)nn12. The van der Waals surface area contributed by atoms with E-state index in [4.69, 9.17) is 16.7 Å². The molecule has 0 amide bonds. The maximum absolute atomic E-state index is 10.8. The van der Waals surface area contributed by atoms with Crippen molar-refractivity contribution in [3.05, 3.63) is 40.4 Å². The van der Waals surface area contributed by atoms with E-state index < -0.39 is 5.97 Å². The zero-order chi connectivity index (χ0) is 13.4. The van der Waals surface area contributed by atoms with Crippen molar-refractivity contribution in [2.24, 2.45) is 0 Å². The molecule has 5 nitrogen and oxygen atoms in total. The second-order valence-electron chi connectivity index (χ2n) is 3.93. The van der Waals surface area contributed by atoms with Crippen molar-refractivity contribution in [1.82, 2.24) is 14.6 Å². The topological polar surface area (TPSA) is 67.5 Å². The van der Waals surface area contributed by atoms with Gasteiger partial charge in [-0.05, 0) is 24.3 Å². The van der Waals surface area contributed by atoms with Crippen LogP contribution in [0.4, 0.5) is 0 Å². The number of rotatable bonds is 3. The summed E-state index contributed by atoms with van der Waals surface area (Å²) < 4.78 is 1.57. The van der Waals surface area contributed by atoms with Gasteiger partial charge >= 0.3 is 5.97 Å². The van der Waals surface area contributed by atoms with Gasteiger partial charge in [0.25, 0.3) is 0 Å². The van der Waals surface area contributed by atoms with Crippen molar-refractivity contribution in [2.45, 2.75) is 6.42 Å². The van der Waals surface area contributed by atoms with Gasteiger partial charge in [-0.2, -0.15) is 4.98 Å². The molecule has 1 aromatic carbocycles. The highest BCUT2D eigenvalue weighted by Crippen LogP contribution is 2.22. The Bertz CT molecular complexity index is 748. The third kappa shape index (κ3) is 2.32. The molecule has 0 spiro atoms. The minimum atomic E-state index is -0.886. The molecule has 0 saturated heterocycles. The Balaban J connectivity index is 2.04. The molecule has 0 fully saturated rings. The van der Waals surface area contributed by atoms with Gasteiger partial charge in [0.15, 0.2) is 5.82 Å². The highest BCUT2D eigenvalue weighted by Gasteiger charge is 2.13. The summed E-state index contributed by atoms with van der Waals surface area (Å²) in [6.45, 7) is 0. The molecule has 3 rings (SSSR count). The first-order chi connectivity index (χ1) is 9.13. The van der Waals surface area contributed by atoms with Gasteiger partial charge in [0.1, 0.15) is 0 Å². The van der Waals surface area contributed by atoms with Crippen LogP contribution in [0.5, 0.6) is 0 Å². The fraction of sp³-hybridized carbons (Fsp3) is 0.0833. The second kappa shape index (κ2) is 4.64. The lowest BCUT2D eigenvalue weighted by Gasteiger charge is -1.95. The van der Waals surface area contributed by atoms with E-state index in [9.17, 15) is 4.79 Å². The summed E-state index contributed by atoms with van der Waals surface area (Å²) in [6, 6.07) is 7.20. The lowest BCUT2D eigenvalue weighted by molar-refractivity contribution is -0.136. The molecule has 2 heterocycles. The molecule has 0 radical (unpaired) electrons. The number of carboxylic acid groups (broad SMARTS) is 1. The molecule has 0 atom stereocenters. The summed E-state index contributed by atoms with van der Waals surface area (Å²) in [5.41, 5.74) is 1.47. The van der Waals surface area contributed by atoms with E-state index in [-0.39, 0.29) is 6.42 Å². The van der Waals surface area contributed by atoms with Gasteiger partial charge in [0.2, 0.25) is 4.96 Å². The van der Waals surface area contributed by atoms with E-state index in [0.29, 0.717) is 21.5 Å². The van der Waals surface area contributed by atoms with Crippen LogP contribution in [0, 0.1) is 0 Å². The lowest BCUT2D eigenvalue weighted by Crippen LogP contribution is -2.03. The van der Waals surface area contributed by atoms with Gasteiger partial charge < -0.3 is 5.11 Å². The Morgan fingerprint density at radius 2 is 2.11 bits per heavy atom. The Labute approximate surface area is 117 Å². The van der Waals surface area contributed by atoms with Crippen LogP contribution in [-0.2, 0) is 11.2 Å². The molecule has 0 saturated carbocycles. The molecule has 0 aliphatic carbocycles. The van der Waals surface area contributed by atoms with Crippen LogP contribution in [0.25, 0.3) is 16.3 Å². The summed E-state index contributed by atoms with van der Waals surface area (Å²) in [4.78, 5) is 15.8. The van der Waals surface area contributed by atoms with Crippen LogP contribution >= 0.6 is 22.9 Å². The predicted octanol–water partition coefficient (Wildman–Crippen LogP) is 2.74. The average Bonchev–Trinajstić information content (AvgIpc) is 2.92. The maximum Gasteiger partial charge on any atom is 0.309 e. The molecule has 1 N–H and O–H groups in total. The van der Waals surface area contributed by atoms with Gasteiger partial charge in [-0.25, -0.2) is 4.52 Å². The molecule has 0 aliphatic rings. The Kier molecular flexibility index (Phi) is 2.96. The van der Waals surface area contributed by atoms with Crippen LogP contribution in [0.1, 0.15) is 5.69 Å². The number of thiazole rings is 1. The molecule has 0 aliphatic heterocycles. The van der Waals surface area contributed by atoms with Crippen molar-refractivity contribution >= 4 is 33.9 Å². The first kappa shape index (κ1) is 12.1. The zero-order valence-electron chi connectivity index (χ0n) is 9.58. The monoisotopic (exact) mass is 293 g/mol. The van der Waals surface area contributed by atoms with Gasteiger partial charge in [-0.3, -0.25) is 4.79 Å². The molecule has 2 aromatic heterocycles. The number of carboxylic acids is 1. The minimum Gasteiger partial charge on any atom is -0.481 e. The number of aliphatic carboxylic acids is 1. The standard InChI is InChI=1S/C12H8ClN3O2S/c13-8-3-1-7(2-4-8)11-14-12-16(15-11)9(6-19-12)5-10(17)18/h1-4,6H,5H2,(H,17,18). The Morgan fingerprint density at radius 1 is 1.37 bits per heavy atom. The summed E-state index contributed by atoms with van der Waals surface area (Å²) in [6.07, 6.45) is -0.0661. The number of carbonyl (C=O) groups is 1. The van der Waals surface area contributed by atoms with Gasteiger partial charge in [0, 0.05) is 16.0 Å². The fourth-order valence-corrected chi connectivity index (χ4v) is 2.67. The van der Waals surface area contributed by atoms with Crippen LogP contribution in [0.15, 0.2) is 29.6 Å². The van der Waals surface area contributed by atoms with E-state index in [1.165, 1.54) is 11.3 Å². The minimum absolute atomic E-state index is 0.0661. The smallest absolute Gasteiger partial charge is 0.309 e. The van der Waals surface area contributed by atoms with Crippen molar-refractivity contribution in [2.75, 3.05) is 0 Å². The number of hydrogen-bond acceptors (Lipinski definition) is 4. The van der Waals surface area contributed by atoms with Crippen LogP contribution < -0.4 is 0 Å². The summed E-state index contributed by atoms with van der Waals surface area (Å²) in [5.74, 6) is -0.321. The zero-order valence-corrected chi connectivity index (χ0v) is 11.1. The number of benzene rings is 1. The predicted molar refractivity (Wildman–Crippen MR) is 72.6 cm³/mol. The Morgan fingerprint density at radius 3 is 2.79 bits per heavy atom. The number of nitrogens with zero attached hydrogens (tertiary/aromatic N) is 3. The summed E-state index contributed by atoms with van der Waals surface area (Å²) >= 11 is 7.20. The summed E-state index contributed by atoms with van der Waals surface area (Å²) in [5, 5.41) is 15.6. The molecular weight excluding hydrogens is 286 g/mol. The maximum atomic E-state index is 10.8. The normalized spacial score (nSPS) is 11.0. The largest absolute Gasteiger partial charge is 0.481 e. The number of fused-ring (bicyclic) bond motifs is 1. The second-order valence-corrected chi connectivity index (χ2v) is 5.21. The number of halogens is 1. The first-order valence-corrected chi connectivity index (χ1v) is 6.70. The fourth-order valence-electron chi connectivity index (χ4n) is 1.72. The highest BCUT2D eigenvalue weighted by molar-refractivity contribution is 7.15. The van der Waals surface area contributed by atoms with E-state index in [2.05, 4.69) is 10.1 Å². The molecular formula is C12H8ClN3O2S. The average molecular weight is 294 g/mol. The quantitative estimate of drug-likeness (QED) is 0.806. The molecule has 19 heavy (non-hydrogen) atoms. The molecule has 0 bridgehead atoms. The van der Waals surface area contributed by atoms with Crippen molar-refractivity contribution in [1.29, 1.82) is 0 Å². The van der Waals surface area contributed by atoms with Crippen LogP contribution in [0.3, 0.4) is 0 Å². The lowest BCUT2D eigenvalue weighted by atomic mass is 10.2.